The van der Waals surface area contributed by atoms with Crippen LogP contribution in [0.1, 0.15) is 59.5 Å². The molecular formula is C25H28N2O4. The van der Waals surface area contributed by atoms with Gasteiger partial charge in [-0.15, -0.1) is 0 Å². The van der Waals surface area contributed by atoms with E-state index in [-0.39, 0.29) is 30.7 Å². The van der Waals surface area contributed by atoms with Crippen LogP contribution >= 0.6 is 0 Å². The molecule has 1 atom stereocenters. The number of hydrogen-bond donors (Lipinski definition) is 1. The lowest BCUT2D eigenvalue weighted by Gasteiger charge is -2.50. The number of rotatable bonds is 6. The molecule has 0 bridgehead atoms. The minimum Gasteiger partial charge on any atom is -0.469 e. The van der Waals surface area contributed by atoms with Crippen molar-refractivity contribution >= 4 is 17.8 Å². The van der Waals surface area contributed by atoms with Gasteiger partial charge < -0.3 is 15.0 Å². The van der Waals surface area contributed by atoms with Gasteiger partial charge >= 0.3 is 5.97 Å². The molecule has 1 fully saturated rings. The molecule has 0 saturated heterocycles. The van der Waals surface area contributed by atoms with E-state index < -0.39 is 11.5 Å². The summed E-state index contributed by atoms with van der Waals surface area (Å²) >= 11 is 0. The number of nitrogens with zero attached hydrogens (tertiary/aromatic N) is 1. The van der Waals surface area contributed by atoms with Crippen LogP contribution in [-0.2, 0) is 20.9 Å². The molecule has 2 aromatic carbocycles. The largest absolute Gasteiger partial charge is 0.469 e. The Morgan fingerprint density at radius 1 is 1.06 bits per heavy atom. The Balaban J connectivity index is 1.72. The average molecular weight is 421 g/mol. The Morgan fingerprint density at radius 3 is 2.45 bits per heavy atom. The Bertz CT molecular complexity index is 966. The normalized spacial score (nSPS) is 19.2. The van der Waals surface area contributed by atoms with E-state index in [0.717, 1.165) is 36.8 Å². The lowest BCUT2D eigenvalue weighted by molar-refractivity contribution is -0.140. The summed E-state index contributed by atoms with van der Waals surface area (Å²) in [5.74, 6) is -0.977. The molecule has 2 amide bonds. The quantitative estimate of drug-likeness (QED) is 0.727. The number of carbonyl (C=O) groups excluding carboxylic acids is 3. The van der Waals surface area contributed by atoms with Gasteiger partial charge in [0, 0.05) is 18.7 Å². The topological polar surface area (TPSA) is 75.7 Å². The zero-order valence-corrected chi connectivity index (χ0v) is 17.8. The number of carbonyl (C=O) groups is 3. The van der Waals surface area contributed by atoms with Crippen molar-refractivity contribution in [1.29, 1.82) is 0 Å². The fraction of sp³-hybridized carbons (Fsp3) is 0.400. The highest BCUT2D eigenvalue weighted by Gasteiger charge is 2.55. The predicted molar refractivity (Wildman–Crippen MR) is 116 cm³/mol. The molecule has 1 saturated carbocycles. The van der Waals surface area contributed by atoms with Gasteiger partial charge in [-0.3, -0.25) is 14.4 Å². The molecule has 162 valence electrons. The smallest absolute Gasteiger partial charge is 0.307 e. The zero-order valence-electron chi connectivity index (χ0n) is 17.8. The molecular weight excluding hydrogens is 392 g/mol. The van der Waals surface area contributed by atoms with Gasteiger partial charge in [0.25, 0.3) is 5.91 Å². The van der Waals surface area contributed by atoms with Gasteiger partial charge in [-0.1, -0.05) is 61.4 Å². The summed E-state index contributed by atoms with van der Waals surface area (Å²) < 4.78 is 4.68. The van der Waals surface area contributed by atoms with E-state index >= 15 is 0 Å². The van der Waals surface area contributed by atoms with Crippen LogP contribution in [0.15, 0.2) is 54.6 Å². The minimum atomic E-state index is -0.559. The second-order valence-electron chi connectivity index (χ2n) is 8.33. The molecule has 4 rings (SSSR count). The Hall–Kier alpha value is -3.15. The predicted octanol–water partition coefficient (Wildman–Crippen LogP) is 3.42. The van der Waals surface area contributed by atoms with Crippen LogP contribution in [-0.4, -0.2) is 41.9 Å². The third kappa shape index (κ3) is 3.94. The van der Waals surface area contributed by atoms with E-state index in [1.165, 1.54) is 7.11 Å². The summed E-state index contributed by atoms with van der Waals surface area (Å²) in [6.45, 7) is 0.687. The maximum absolute atomic E-state index is 13.6. The molecule has 1 aliphatic carbocycles. The van der Waals surface area contributed by atoms with Crippen molar-refractivity contribution in [3.63, 3.8) is 0 Å². The Morgan fingerprint density at radius 2 is 1.74 bits per heavy atom. The third-order valence-corrected chi connectivity index (χ3v) is 6.59. The first-order chi connectivity index (χ1) is 15.1. The summed E-state index contributed by atoms with van der Waals surface area (Å²) in [4.78, 5) is 40.5. The maximum Gasteiger partial charge on any atom is 0.307 e. The monoisotopic (exact) mass is 420 g/mol. The SMILES string of the molecule is COC(=O)CCNC(=O)[C@@H]1c2ccccc2C(=O)N(Cc2ccccc2)C12CCCC2. The van der Waals surface area contributed by atoms with E-state index in [9.17, 15) is 14.4 Å². The summed E-state index contributed by atoms with van der Waals surface area (Å²) in [5.41, 5.74) is 1.86. The molecule has 6 heteroatoms. The zero-order chi connectivity index (χ0) is 21.8. The number of esters is 1. The molecule has 0 unspecified atom stereocenters. The van der Waals surface area contributed by atoms with Crippen LogP contribution in [0.25, 0.3) is 0 Å². The van der Waals surface area contributed by atoms with E-state index in [1.54, 1.807) is 0 Å². The van der Waals surface area contributed by atoms with Crippen LogP contribution in [0.2, 0.25) is 0 Å². The first-order valence-electron chi connectivity index (χ1n) is 10.9. The fourth-order valence-corrected chi connectivity index (χ4v) is 5.15. The van der Waals surface area contributed by atoms with Crippen molar-refractivity contribution in [3.05, 3.63) is 71.3 Å². The van der Waals surface area contributed by atoms with Crippen LogP contribution in [0.3, 0.4) is 0 Å². The number of nitrogens with one attached hydrogen (secondary N) is 1. The highest BCUT2D eigenvalue weighted by molar-refractivity contribution is 6.02. The molecule has 31 heavy (non-hydrogen) atoms. The van der Waals surface area contributed by atoms with Gasteiger partial charge in [-0.25, -0.2) is 0 Å². The molecule has 0 radical (unpaired) electrons. The van der Waals surface area contributed by atoms with Crippen LogP contribution in [0.5, 0.6) is 0 Å². The lowest BCUT2D eigenvalue weighted by atomic mass is 9.71. The number of methoxy groups -OCH3 is 1. The molecule has 2 aromatic rings. The van der Waals surface area contributed by atoms with Crippen LogP contribution in [0, 0.1) is 0 Å². The van der Waals surface area contributed by atoms with Crippen molar-refractivity contribution < 1.29 is 19.1 Å². The van der Waals surface area contributed by atoms with Gasteiger partial charge in [-0.2, -0.15) is 0 Å². The number of ether oxygens (including phenoxy) is 1. The molecule has 2 aliphatic rings. The second-order valence-corrected chi connectivity index (χ2v) is 8.33. The molecule has 1 spiro atoms. The van der Waals surface area contributed by atoms with Crippen molar-refractivity contribution in [2.24, 2.45) is 0 Å². The Kier molecular flexibility index (Phi) is 6.07. The van der Waals surface area contributed by atoms with E-state index in [1.807, 2.05) is 59.5 Å². The number of hydrogen-bond acceptors (Lipinski definition) is 4. The molecule has 1 N–H and O–H groups in total. The van der Waals surface area contributed by atoms with Crippen LogP contribution in [0.4, 0.5) is 0 Å². The first kappa shape index (κ1) is 21.1. The van der Waals surface area contributed by atoms with E-state index in [4.69, 9.17) is 0 Å². The summed E-state index contributed by atoms with van der Waals surface area (Å²) in [7, 11) is 1.34. The first-order valence-corrected chi connectivity index (χ1v) is 10.9. The maximum atomic E-state index is 13.6. The fourth-order valence-electron chi connectivity index (χ4n) is 5.15. The van der Waals surface area contributed by atoms with Crippen molar-refractivity contribution in [3.8, 4) is 0 Å². The standard InChI is InChI=1S/C25H28N2O4/c1-31-21(28)13-16-26-23(29)22-19-11-5-6-12-20(19)24(30)27(25(22)14-7-8-15-25)17-18-9-3-2-4-10-18/h2-6,9-12,22H,7-8,13-17H2,1H3,(H,26,29)/t22-/m0/s1. The van der Waals surface area contributed by atoms with Crippen molar-refractivity contribution in [2.45, 2.75) is 50.1 Å². The van der Waals surface area contributed by atoms with Crippen LogP contribution < -0.4 is 5.32 Å². The van der Waals surface area contributed by atoms with Crippen molar-refractivity contribution in [1.82, 2.24) is 10.2 Å². The van der Waals surface area contributed by atoms with Gasteiger partial charge in [0.05, 0.1) is 25.0 Å². The van der Waals surface area contributed by atoms with Gasteiger partial charge in [0.1, 0.15) is 0 Å². The van der Waals surface area contributed by atoms with Gasteiger partial charge in [-0.05, 0) is 30.0 Å². The van der Waals surface area contributed by atoms with Crippen molar-refractivity contribution in [2.75, 3.05) is 13.7 Å². The minimum absolute atomic E-state index is 0.0139. The molecule has 6 nitrogen and oxygen atoms in total. The number of fused-ring (bicyclic) bond motifs is 1. The molecule has 1 heterocycles. The second kappa shape index (κ2) is 8.92. The highest BCUT2D eigenvalue weighted by Crippen LogP contribution is 2.50. The summed E-state index contributed by atoms with van der Waals surface area (Å²) in [6, 6.07) is 17.4. The molecule has 0 aromatic heterocycles. The van der Waals surface area contributed by atoms with Gasteiger partial charge in [0.2, 0.25) is 5.91 Å². The summed E-state index contributed by atoms with van der Waals surface area (Å²) in [5, 5.41) is 2.93. The van der Waals surface area contributed by atoms with E-state index in [0.29, 0.717) is 12.1 Å². The summed E-state index contributed by atoms with van der Waals surface area (Å²) in [6.07, 6.45) is 3.65. The van der Waals surface area contributed by atoms with Gasteiger partial charge in [0.15, 0.2) is 0 Å². The molecule has 1 aliphatic heterocycles. The third-order valence-electron chi connectivity index (χ3n) is 6.59. The number of amides is 2. The highest BCUT2D eigenvalue weighted by atomic mass is 16.5. The lowest BCUT2D eigenvalue weighted by Crippen LogP contribution is -2.60. The van der Waals surface area contributed by atoms with E-state index in [2.05, 4.69) is 10.1 Å². The average Bonchev–Trinajstić information content (AvgIpc) is 3.27. The number of benzene rings is 2. The Labute approximate surface area is 182 Å².